The predicted octanol–water partition coefficient (Wildman–Crippen LogP) is 3.60. The Bertz CT molecular complexity index is 774. The zero-order chi connectivity index (χ0) is 19.1. The monoisotopic (exact) mass is 360 g/mol. The SMILES string of the molecule is CC(C)NC(=O)Cc1ccc(NC(=O)CCc2cc(F)ccc2F)cc1. The zero-order valence-electron chi connectivity index (χ0n) is 14.8. The van der Waals surface area contributed by atoms with Gasteiger partial charge in [-0.25, -0.2) is 8.78 Å². The molecule has 0 aliphatic carbocycles. The summed E-state index contributed by atoms with van der Waals surface area (Å²) in [6.45, 7) is 3.79. The van der Waals surface area contributed by atoms with E-state index < -0.39 is 11.6 Å². The lowest BCUT2D eigenvalue weighted by atomic mass is 10.1. The topological polar surface area (TPSA) is 58.2 Å². The van der Waals surface area contributed by atoms with Crippen molar-refractivity contribution >= 4 is 17.5 Å². The summed E-state index contributed by atoms with van der Waals surface area (Å²) >= 11 is 0. The van der Waals surface area contributed by atoms with Crippen LogP contribution in [-0.2, 0) is 22.4 Å². The average Bonchev–Trinajstić information content (AvgIpc) is 2.56. The van der Waals surface area contributed by atoms with Crippen molar-refractivity contribution in [2.45, 2.75) is 39.2 Å². The Labute approximate surface area is 151 Å². The van der Waals surface area contributed by atoms with Gasteiger partial charge in [-0.2, -0.15) is 0 Å². The van der Waals surface area contributed by atoms with Crippen molar-refractivity contribution in [3.8, 4) is 0 Å². The lowest BCUT2D eigenvalue weighted by molar-refractivity contribution is -0.121. The molecule has 0 atom stereocenters. The van der Waals surface area contributed by atoms with Gasteiger partial charge < -0.3 is 10.6 Å². The molecular formula is C20H22F2N2O2. The Morgan fingerprint density at radius 1 is 1.00 bits per heavy atom. The molecule has 0 aliphatic heterocycles. The molecule has 2 rings (SSSR count). The van der Waals surface area contributed by atoms with Gasteiger partial charge >= 0.3 is 0 Å². The minimum absolute atomic E-state index is 0.0406. The second-order valence-corrected chi connectivity index (χ2v) is 6.38. The van der Waals surface area contributed by atoms with E-state index in [9.17, 15) is 18.4 Å². The van der Waals surface area contributed by atoms with Crippen molar-refractivity contribution in [3.05, 3.63) is 65.2 Å². The molecule has 4 nitrogen and oxygen atoms in total. The fraction of sp³-hybridized carbons (Fsp3) is 0.300. The van der Waals surface area contributed by atoms with Crippen LogP contribution in [-0.4, -0.2) is 17.9 Å². The highest BCUT2D eigenvalue weighted by Gasteiger charge is 2.09. The van der Waals surface area contributed by atoms with Crippen LogP contribution in [0.25, 0.3) is 0 Å². The lowest BCUT2D eigenvalue weighted by Gasteiger charge is -2.09. The molecule has 0 aliphatic rings. The maximum absolute atomic E-state index is 13.5. The lowest BCUT2D eigenvalue weighted by Crippen LogP contribution is -2.31. The van der Waals surface area contributed by atoms with E-state index in [2.05, 4.69) is 10.6 Å². The molecule has 2 amide bonds. The molecule has 0 unspecified atom stereocenters. The van der Waals surface area contributed by atoms with Crippen molar-refractivity contribution in [2.24, 2.45) is 0 Å². The third-order valence-electron chi connectivity index (χ3n) is 3.68. The summed E-state index contributed by atoms with van der Waals surface area (Å²) in [6.07, 6.45) is 0.424. The van der Waals surface area contributed by atoms with E-state index in [0.717, 1.165) is 23.8 Å². The van der Waals surface area contributed by atoms with Gasteiger partial charge in [-0.1, -0.05) is 12.1 Å². The van der Waals surface area contributed by atoms with Crippen LogP contribution in [0.15, 0.2) is 42.5 Å². The van der Waals surface area contributed by atoms with Gasteiger partial charge in [0.05, 0.1) is 6.42 Å². The first-order chi connectivity index (χ1) is 12.3. The number of hydrogen-bond acceptors (Lipinski definition) is 2. The first-order valence-corrected chi connectivity index (χ1v) is 8.45. The van der Waals surface area contributed by atoms with Crippen LogP contribution >= 0.6 is 0 Å². The summed E-state index contributed by atoms with van der Waals surface area (Å²) < 4.78 is 26.7. The molecule has 2 aromatic carbocycles. The molecule has 0 heterocycles. The van der Waals surface area contributed by atoms with Crippen LogP contribution in [0.3, 0.4) is 0 Å². The number of carbonyl (C=O) groups is 2. The maximum Gasteiger partial charge on any atom is 0.224 e. The van der Waals surface area contributed by atoms with Gasteiger partial charge in [0.15, 0.2) is 0 Å². The minimum Gasteiger partial charge on any atom is -0.354 e. The van der Waals surface area contributed by atoms with E-state index in [1.54, 1.807) is 24.3 Å². The first kappa shape index (κ1) is 19.6. The summed E-state index contributed by atoms with van der Waals surface area (Å²) in [4.78, 5) is 23.7. The van der Waals surface area contributed by atoms with Gasteiger partial charge in [-0.15, -0.1) is 0 Å². The molecule has 2 aromatic rings. The Kier molecular flexibility index (Phi) is 6.83. The van der Waals surface area contributed by atoms with Gasteiger partial charge in [0.25, 0.3) is 0 Å². The van der Waals surface area contributed by atoms with E-state index in [-0.39, 0.29) is 42.7 Å². The highest BCUT2D eigenvalue weighted by atomic mass is 19.1. The second-order valence-electron chi connectivity index (χ2n) is 6.38. The summed E-state index contributed by atoms with van der Waals surface area (Å²) in [5.74, 6) is -1.41. The molecule has 0 spiro atoms. The fourth-order valence-electron chi connectivity index (χ4n) is 2.47. The summed E-state index contributed by atoms with van der Waals surface area (Å²) in [7, 11) is 0. The van der Waals surface area contributed by atoms with Crippen LogP contribution in [0.5, 0.6) is 0 Å². The van der Waals surface area contributed by atoms with E-state index in [1.807, 2.05) is 13.8 Å². The van der Waals surface area contributed by atoms with E-state index in [1.165, 1.54) is 0 Å². The highest BCUT2D eigenvalue weighted by molar-refractivity contribution is 5.90. The van der Waals surface area contributed by atoms with Crippen molar-refractivity contribution in [1.82, 2.24) is 5.32 Å². The smallest absolute Gasteiger partial charge is 0.224 e. The van der Waals surface area contributed by atoms with Gasteiger partial charge in [-0.3, -0.25) is 9.59 Å². The molecule has 138 valence electrons. The van der Waals surface area contributed by atoms with Gasteiger partial charge in [0, 0.05) is 18.2 Å². The fourth-order valence-corrected chi connectivity index (χ4v) is 2.47. The highest BCUT2D eigenvalue weighted by Crippen LogP contribution is 2.14. The molecule has 0 aromatic heterocycles. The normalized spacial score (nSPS) is 10.7. The zero-order valence-corrected chi connectivity index (χ0v) is 14.8. The number of hydrogen-bond donors (Lipinski definition) is 2. The van der Waals surface area contributed by atoms with E-state index in [4.69, 9.17) is 0 Å². The Morgan fingerprint density at radius 2 is 1.69 bits per heavy atom. The predicted molar refractivity (Wildman–Crippen MR) is 96.7 cm³/mol. The number of aryl methyl sites for hydroxylation is 1. The van der Waals surface area contributed by atoms with Crippen LogP contribution in [0, 0.1) is 11.6 Å². The molecule has 26 heavy (non-hydrogen) atoms. The third-order valence-corrected chi connectivity index (χ3v) is 3.68. The van der Waals surface area contributed by atoms with E-state index >= 15 is 0 Å². The first-order valence-electron chi connectivity index (χ1n) is 8.45. The molecule has 2 N–H and O–H groups in total. The molecule has 0 fully saturated rings. The quantitative estimate of drug-likeness (QED) is 0.793. The molecule has 0 saturated carbocycles. The largest absolute Gasteiger partial charge is 0.354 e. The number of benzene rings is 2. The van der Waals surface area contributed by atoms with E-state index in [0.29, 0.717) is 5.69 Å². The number of rotatable bonds is 7. The number of nitrogens with one attached hydrogen (secondary N) is 2. The number of halogens is 2. The maximum atomic E-state index is 13.5. The number of carbonyl (C=O) groups excluding carboxylic acids is 2. The Balaban J connectivity index is 1.85. The van der Waals surface area contributed by atoms with Crippen LogP contribution < -0.4 is 10.6 Å². The van der Waals surface area contributed by atoms with Crippen molar-refractivity contribution in [1.29, 1.82) is 0 Å². The molecule has 6 heteroatoms. The second kappa shape index (κ2) is 9.08. The standard InChI is InChI=1S/C20H22F2N2O2/c1-13(2)23-20(26)11-14-3-7-17(8-4-14)24-19(25)10-5-15-12-16(21)6-9-18(15)22/h3-4,6-9,12-13H,5,10-11H2,1-2H3,(H,23,26)(H,24,25). The van der Waals surface area contributed by atoms with Crippen LogP contribution in [0.2, 0.25) is 0 Å². The average molecular weight is 360 g/mol. The van der Waals surface area contributed by atoms with Crippen LogP contribution in [0.4, 0.5) is 14.5 Å². The summed E-state index contributed by atoms with van der Waals surface area (Å²) in [6, 6.07) is 10.2. The number of amides is 2. The number of anilines is 1. The van der Waals surface area contributed by atoms with Gasteiger partial charge in [0.1, 0.15) is 11.6 Å². The van der Waals surface area contributed by atoms with Gasteiger partial charge in [-0.05, 0) is 61.7 Å². The third kappa shape index (κ3) is 6.27. The van der Waals surface area contributed by atoms with Gasteiger partial charge in [0.2, 0.25) is 11.8 Å². The van der Waals surface area contributed by atoms with Crippen LogP contribution in [0.1, 0.15) is 31.4 Å². The Hall–Kier alpha value is -2.76. The summed E-state index contributed by atoms with van der Waals surface area (Å²) in [5, 5.41) is 5.52. The molecule has 0 saturated heterocycles. The Morgan fingerprint density at radius 3 is 2.35 bits per heavy atom. The molecule has 0 bridgehead atoms. The molecule has 0 radical (unpaired) electrons. The minimum atomic E-state index is -0.529. The summed E-state index contributed by atoms with van der Waals surface area (Å²) in [5.41, 5.74) is 1.59. The van der Waals surface area contributed by atoms with Crippen molar-refractivity contribution in [3.63, 3.8) is 0 Å². The molecular weight excluding hydrogens is 338 g/mol. The van der Waals surface area contributed by atoms with Crippen molar-refractivity contribution < 1.29 is 18.4 Å². The van der Waals surface area contributed by atoms with Crippen molar-refractivity contribution in [2.75, 3.05) is 5.32 Å².